The van der Waals surface area contributed by atoms with Gasteiger partial charge in [0, 0.05) is 68.6 Å². The SMILES string of the molecule is C.CC(=O)c1cn(COCC[Si](C)(C)C)c(-c2c(-c3ccc(F)cc3)ncn2C(C)C)n1.CC(=O)c1cn(COCC[Si](C)(C)C)c(Br)n1.CCC[CH2][Sn]([CH2]CCC)([CH2]CCC)[c]1c(-c2ccc(F)cc2)ncn1C(C)C.[2HH]. The maximum Gasteiger partial charge on any atom is 0 e. The number of unbranched alkanes of at least 4 members (excludes halogenated alkanes) is 3. The molecule has 0 unspecified atom stereocenters. The predicted octanol–water partition coefficient (Wildman–Crippen LogP) is 17.0. The van der Waals surface area contributed by atoms with Gasteiger partial charge in [-0.05, 0) is 66.1 Å². The zero-order valence-electron chi connectivity index (χ0n) is 48.5. The second-order valence-corrected chi connectivity index (χ2v) is 48.0. The van der Waals surface area contributed by atoms with E-state index in [2.05, 4.69) is 130 Å². The molecule has 0 saturated heterocycles. The molecule has 6 aromatic rings. The van der Waals surface area contributed by atoms with Crippen LogP contribution in [-0.4, -0.2) is 97.5 Å². The van der Waals surface area contributed by atoms with Crippen molar-refractivity contribution in [1.82, 2.24) is 38.2 Å². The number of carbonyl (C=O) groups is 2. The van der Waals surface area contributed by atoms with Crippen molar-refractivity contribution in [2.24, 2.45) is 0 Å². The fraction of sp³-hybridized carbons (Fsp3) is 0.559. The monoisotopic (exact) mass is 1270 g/mol. The summed E-state index contributed by atoms with van der Waals surface area (Å²) in [6.07, 6.45) is 15.0. The molecule has 0 N–H and O–H groups in total. The summed E-state index contributed by atoms with van der Waals surface area (Å²) < 4.78 is 53.2. The predicted molar refractivity (Wildman–Crippen MR) is 329 cm³/mol. The van der Waals surface area contributed by atoms with E-state index < -0.39 is 34.5 Å². The van der Waals surface area contributed by atoms with Crippen LogP contribution >= 0.6 is 15.9 Å². The molecule has 77 heavy (non-hydrogen) atoms. The zero-order valence-corrected chi connectivity index (χ0v) is 55.0. The fourth-order valence-electron chi connectivity index (χ4n) is 8.77. The van der Waals surface area contributed by atoms with E-state index in [9.17, 15) is 18.4 Å². The number of benzene rings is 2. The minimum absolute atomic E-state index is 0. The Labute approximate surface area is 477 Å². The number of nitrogens with zero attached hydrogens (tertiary/aromatic N) is 8. The standard InChI is InChI=1S/C23H31FN4O2Si.C12H12FN2.C11H19BrN2O2Si.3C4H9.CH4.Sn.H2/c1-16(2)28-14-25-21(18-7-9-19(24)10-8-18)22(28)23-26-20(17(3)29)13-27(23)15-30-11-12-31(4,5)6;1-9(2)15-7-12(14-8-15)10-3-5-11(13)6-4-10;1-9(15)10-7-14(11(12)13-10)8-16-5-6-17(2,3)4;3*1-3-4-2;;;/h7-10,13-14,16H,11-12,15H2,1-6H3;3-6,8-9H,1-2H3;7H,5-6,8H2,1-4H3;3*1,3-4H2,2H3;1H4;;1H/i;;;;;;;;1+1. The van der Waals surface area contributed by atoms with E-state index in [0.29, 0.717) is 53.8 Å². The first-order valence-electron chi connectivity index (χ1n) is 27.5. The molecule has 0 fully saturated rings. The van der Waals surface area contributed by atoms with Crippen molar-refractivity contribution in [2.45, 2.75) is 198 Å². The van der Waals surface area contributed by atoms with E-state index >= 15 is 0 Å². The Kier molecular flexibility index (Phi) is 27.8. The van der Waals surface area contributed by atoms with Crippen LogP contribution in [0.5, 0.6) is 0 Å². The van der Waals surface area contributed by atoms with Gasteiger partial charge in [0.05, 0.1) is 12.0 Å². The van der Waals surface area contributed by atoms with E-state index in [1.807, 2.05) is 21.3 Å². The van der Waals surface area contributed by atoms with Crippen molar-refractivity contribution in [3.63, 3.8) is 0 Å². The largest absolute Gasteiger partial charge is 0 e. The van der Waals surface area contributed by atoms with Gasteiger partial charge in [-0.3, -0.25) is 9.59 Å². The summed E-state index contributed by atoms with van der Waals surface area (Å²) in [7, 11) is -2.24. The molecule has 0 amide bonds. The van der Waals surface area contributed by atoms with Crippen LogP contribution in [0.3, 0.4) is 0 Å². The summed E-state index contributed by atoms with van der Waals surface area (Å²) in [5.41, 5.74) is 5.33. The Balaban J connectivity index is 0.000000411. The van der Waals surface area contributed by atoms with Gasteiger partial charge in [0.2, 0.25) is 0 Å². The van der Waals surface area contributed by atoms with Gasteiger partial charge in [0.15, 0.2) is 22.1 Å². The molecule has 0 aliphatic carbocycles. The first-order valence-corrected chi connectivity index (χ1v) is 43.2. The van der Waals surface area contributed by atoms with Gasteiger partial charge in [0.1, 0.15) is 36.4 Å². The van der Waals surface area contributed by atoms with E-state index in [0.717, 1.165) is 41.2 Å². The molecule has 0 spiro atoms. The molecule has 0 radical (unpaired) electrons. The summed E-state index contributed by atoms with van der Waals surface area (Å²) in [6.45, 7) is 34.7. The van der Waals surface area contributed by atoms with Gasteiger partial charge < -0.3 is 23.2 Å². The molecule has 0 aliphatic heterocycles. The summed E-state index contributed by atoms with van der Waals surface area (Å²) >= 11 is 0.624. The minimum atomic E-state index is -2.68. The summed E-state index contributed by atoms with van der Waals surface area (Å²) in [6, 6.07) is 16.0. The number of halogens is 3. The third-order valence-electron chi connectivity index (χ3n) is 13.4. The molecule has 6 rings (SSSR count). The van der Waals surface area contributed by atoms with Crippen LogP contribution in [-0.2, 0) is 22.9 Å². The summed E-state index contributed by atoms with van der Waals surface area (Å²) in [5, 5.41) is 0. The second-order valence-electron chi connectivity index (χ2n) is 23.1. The van der Waals surface area contributed by atoms with E-state index in [4.69, 9.17) is 14.5 Å². The summed E-state index contributed by atoms with van der Waals surface area (Å²) in [5.74, 6) is -0.00704. The van der Waals surface area contributed by atoms with Gasteiger partial charge in [-0.2, -0.15) is 0 Å². The van der Waals surface area contributed by atoms with E-state index in [1.165, 1.54) is 77.8 Å². The summed E-state index contributed by atoms with van der Waals surface area (Å²) in [4.78, 5) is 41.5. The Hall–Kier alpha value is -3.89. The van der Waals surface area contributed by atoms with E-state index in [-0.39, 0.29) is 38.1 Å². The van der Waals surface area contributed by atoms with Crippen LogP contribution in [0.25, 0.3) is 34.0 Å². The zero-order chi connectivity index (χ0) is 56.4. The third kappa shape index (κ3) is 20.6. The third-order valence-corrected chi connectivity index (χ3v) is 32.9. The number of ketones is 2. The van der Waals surface area contributed by atoms with E-state index in [1.54, 1.807) is 51.3 Å². The fourth-order valence-corrected chi connectivity index (χ4v) is 28.2. The number of rotatable bonds is 27. The van der Waals surface area contributed by atoms with Crippen molar-refractivity contribution >= 4 is 65.7 Å². The molecule has 4 aromatic heterocycles. The quantitative estimate of drug-likeness (QED) is 0.0284. The maximum atomic E-state index is 13.6. The molecular formula is C59H95BrF2N8O4Si2Sn. The number of aromatic nitrogens is 8. The molecule has 18 heteroatoms. The van der Waals surface area contributed by atoms with Crippen molar-refractivity contribution in [1.29, 1.82) is 0 Å². The first-order chi connectivity index (χ1) is 35.8. The van der Waals surface area contributed by atoms with Gasteiger partial charge in [-0.25, -0.2) is 19.3 Å². The Morgan fingerprint density at radius 1 is 0.636 bits per heavy atom. The molecule has 0 saturated carbocycles. The topological polar surface area (TPSA) is 124 Å². The van der Waals surface area contributed by atoms with Crippen molar-refractivity contribution in [3.8, 4) is 34.0 Å². The van der Waals surface area contributed by atoms with Crippen LogP contribution in [0, 0.1) is 11.6 Å². The number of ether oxygens (including phenoxy) is 2. The number of hydrogen-bond donors (Lipinski definition) is 0. The Morgan fingerprint density at radius 3 is 1.45 bits per heavy atom. The van der Waals surface area contributed by atoms with Crippen LogP contribution in [0.4, 0.5) is 8.78 Å². The van der Waals surface area contributed by atoms with Crippen molar-refractivity contribution in [3.05, 3.63) is 101 Å². The van der Waals surface area contributed by atoms with Crippen LogP contribution in [0.2, 0.25) is 64.7 Å². The van der Waals surface area contributed by atoms with Gasteiger partial charge in [0.25, 0.3) is 0 Å². The Bertz CT molecular complexity index is 2710. The van der Waals surface area contributed by atoms with Crippen LogP contribution in [0.15, 0.2) is 78.3 Å². The average Bonchev–Trinajstić information content (AvgIpc) is 4.18. The smallest absolute Gasteiger partial charge is 0 e. The van der Waals surface area contributed by atoms with Crippen LogP contribution in [0.1, 0.15) is 143 Å². The van der Waals surface area contributed by atoms with Gasteiger partial charge in [-0.1, -0.05) is 46.7 Å². The molecule has 4 heterocycles. The van der Waals surface area contributed by atoms with Gasteiger partial charge in [-0.15, -0.1) is 0 Å². The van der Waals surface area contributed by atoms with Crippen LogP contribution < -0.4 is 3.71 Å². The number of carbonyl (C=O) groups excluding carboxylic acids is 2. The molecule has 0 bridgehead atoms. The maximum absolute atomic E-state index is 13.6. The normalized spacial score (nSPS) is 11.8. The molecule has 0 atom stereocenters. The second kappa shape index (κ2) is 31.8. The molecular weight excluding hydrogens is 1180 g/mol. The van der Waals surface area contributed by atoms with Crippen molar-refractivity contribution < 1.29 is 29.3 Å². The average molecular weight is 1270 g/mol. The molecule has 2 aromatic carbocycles. The van der Waals surface area contributed by atoms with Gasteiger partial charge >= 0.3 is 176 Å². The molecule has 0 aliphatic rings. The minimum Gasteiger partial charge on any atom is 0 e. The number of hydrogen-bond acceptors (Lipinski definition) is 8. The first kappa shape index (κ1) is 67.4. The number of imidazole rings is 4. The Morgan fingerprint density at radius 2 is 1.04 bits per heavy atom. The number of Topliss-reactive ketones (excluding diaryl/α,β-unsaturated/α-hetero) is 2. The van der Waals surface area contributed by atoms with Crippen molar-refractivity contribution in [2.75, 3.05) is 13.2 Å². The molecule has 428 valence electrons. The molecule has 12 nitrogen and oxygen atoms in total.